The summed E-state index contributed by atoms with van der Waals surface area (Å²) in [7, 11) is -1.61. The summed E-state index contributed by atoms with van der Waals surface area (Å²) < 4.78 is 27.4. The zero-order valence-corrected chi connectivity index (χ0v) is 13.9. The summed E-state index contributed by atoms with van der Waals surface area (Å²) >= 11 is 1.46. The van der Waals surface area contributed by atoms with Crippen molar-refractivity contribution in [1.29, 1.82) is 0 Å². The molecule has 0 aliphatic carbocycles. The van der Waals surface area contributed by atoms with Gasteiger partial charge in [-0.1, -0.05) is 27.7 Å². The predicted molar refractivity (Wildman–Crippen MR) is 80.9 cm³/mol. The van der Waals surface area contributed by atoms with Crippen LogP contribution in [0.3, 0.4) is 0 Å². The van der Waals surface area contributed by atoms with Crippen molar-refractivity contribution in [3.63, 3.8) is 0 Å². The van der Waals surface area contributed by atoms with Crippen molar-refractivity contribution in [1.82, 2.24) is 10.0 Å². The lowest BCUT2D eigenvalue weighted by atomic mass is 9.81. The maximum atomic E-state index is 12.3. The van der Waals surface area contributed by atoms with E-state index in [1.165, 1.54) is 11.3 Å². The standard InChI is InChI=1S/C13H24N2O2S2/c1-10(2)13(3,4)9-15-19(16,17)12-6-7-18-11(12)8-14-5/h6-7,10,14-15H,8-9H2,1-5H3. The van der Waals surface area contributed by atoms with Gasteiger partial charge in [0.15, 0.2) is 0 Å². The van der Waals surface area contributed by atoms with Gasteiger partial charge in [0.1, 0.15) is 0 Å². The van der Waals surface area contributed by atoms with Crippen LogP contribution in [0.2, 0.25) is 0 Å². The molecule has 0 unspecified atom stereocenters. The summed E-state index contributed by atoms with van der Waals surface area (Å²) in [6.07, 6.45) is 0. The molecule has 0 aliphatic rings. The molecule has 0 amide bonds. The average molecular weight is 304 g/mol. The van der Waals surface area contributed by atoms with E-state index in [4.69, 9.17) is 0 Å². The molecule has 0 saturated heterocycles. The SMILES string of the molecule is CNCc1sccc1S(=O)(=O)NCC(C)(C)C(C)C. The molecule has 1 aromatic rings. The van der Waals surface area contributed by atoms with Crippen molar-refractivity contribution in [3.8, 4) is 0 Å². The van der Waals surface area contributed by atoms with Crippen LogP contribution in [0.5, 0.6) is 0 Å². The lowest BCUT2D eigenvalue weighted by Crippen LogP contribution is -2.37. The van der Waals surface area contributed by atoms with Crippen LogP contribution < -0.4 is 10.0 Å². The molecule has 0 saturated carbocycles. The minimum atomic E-state index is -3.42. The molecular formula is C13H24N2O2S2. The first-order valence-electron chi connectivity index (χ1n) is 6.41. The van der Waals surface area contributed by atoms with Gasteiger partial charge >= 0.3 is 0 Å². The summed E-state index contributed by atoms with van der Waals surface area (Å²) in [5, 5.41) is 4.81. The van der Waals surface area contributed by atoms with Gasteiger partial charge in [0, 0.05) is 18.0 Å². The molecule has 110 valence electrons. The van der Waals surface area contributed by atoms with Gasteiger partial charge in [0.25, 0.3) is 0 Å². The second kappa shape index (κ2) is 6.35. The van der Waals surface area contributed by atoms with Gasteiger partial charge in [0.2, 0.25) is 10.0 Å². The molecule has 1 aromatic heterocycles. The highest BCUT2D eigenvalue weighted by molar-refractivity contribution is 7.89. The number of sulfonamides is 1. The van der Waals surface area contributed by atoms with Crippen LogP contribution in [0, 0.1) is 11.3 Å². The van der Waals surface area contributed by atoms with E-state index in [-0.39, 0.29) is 5.41 Å². The van der Waals surface area contributed by atoms with Gasteiger partial charge in [-0.15, -0.1) is 11.3 Å². The minimum Gasteiger partial charge on any atom is -0.315 e. The summed E-state index contributed by atoms with van der Waals surface area (Å²) in [5.41, 5.74) is -0.0632. The molecule has 0 spiro atoms. The molecule has 1 rings (SSSR count). The quantitative estimate of drug-likeness (QED) is 0.813. The van der Waals surface area contributed by atoms with Gasteiger partial charge in [-0.2, -0.15) is 0 Å². The zero-order valence-electron chi connectivity index (χ0n) is 12.3. The largest absolute Gasteiger partial charge is 0.315 e. The Balaban J connectivity index is 2.85. The summed E-state index contributed by atoms with van der Waals surface area (Å²) in [5.74, 6) is 0.412. The number of rotatable bonds is 7. The minimum absolute atomic E-state index is 0.0632. The average Bonchev–Trinajstić information content (AvgIpc) is 2.76. The molecule has 0 aromatic carbocycles. The Labute approximate surface area is 120 Å². The monoisotopic (exact) mass is 304 g/mol. The zero-order chi connectivity index (χ0) is 14.7. The van der Waals surface area contributed by atoms with Crippen molar-refractivity contribution in [3.05, 3.63) is 16.3 Å². The lowest BCUT2D eigenvalue weighted by Gasteiger charge is -2.29. The molecule has 0 fully saturated rings. The molecule has 2 N–H and O–H groups in total. The second-order valence-electron chi connectivity index (χ2n) is 5.71. The normalized spacial score (nSPS) is 13.2. The van der Waals surface area contributed by atoms with E-state index in [1.807, 2.05) is 12.4 Å². The molecule has 4 nitrogen and oxygen atoms in total. The molecule has 1 heterocycles. The highest BCUT2D eigenvalue weighted by atomic mass is 32.2. The second-order valence-corrected chi connectivity index (χ2v) is 8.44. The smallest absolute Gasteiger partial charge is 0.241 e. The first kappa shape index (κ1) is 16.6. The maximum absolute atomic E-state index is 12.3. The third kappa shape index (κ3) is 4.27. The molecule has 0 atom stereocenters. The van der Waals surface area contributed by atoms with Crippen LogP contribution in [-0.2, 0) is 16.6 Å². The Morgan fingerprint density at radius 2 is 2.00 bits per heavy atom. The highest BCUT2D eigenvalue weighted by Crippen LogP contribution is 2.27. The predicted octanol–water partition coefficient (Wildman–Crippen LogP) is 2.43. The maximum Gasteiger partial charge on any atom is 0.241 e. The third-order valence-electron chi connectivity index (χ3n) is 3.61. The number of hydrogen-bond acceptors (Lipinski definition) is 4. The molecule has 6 heteroatoms. The van der Waals surface area contributed by atoms with Crippen LogP contribution in [0.4, 0.5) is 0 Å². The van der Waals surface area contributed by atoms with Gasteiger partial charge in [0.05, 0.1) is 4.90 Å². The Morgan fingerprint density at radius 3 is 2.53 bits per heavy atom. The van der Waals surface area contributed by atoms with Crippen LogP contribution in [-0.4, -0.2) is 22.0 Å². The topological polar surface area (TPSA) is 58.2 Å². The molecule has 0 aliphatic heterocycles. The van der Waals surface area contributed by atoms with E-state index in [1.54, 1.807) is 6.07 Å². The number of hydrogen-bond donors (Lipinski definition) is 2. The van der Waals surface area contributed by atoms with Crippen molar-refractivity contribution >= 4 is 21.4 Å². The highest BCUT2D eigenvalue weighted by Gasteiger charge is 2.26. The van der Waals surface area contributed by atoms with Crippen LogP contribution >= 0.6 is 11.3 Å². The van der Waals surface area contributed by atoms with Gasteiger partial charge < -0.3 is 5.32 Å². The van der Waals surface area contributed by atoms with E-state index in [0.717, 1.165) is 4.88 Å². The summed E-state index contributed by atoms with van der Waals surface area (Å²) in [6, 6.07) is 1.67. The van der Waals surface area contributed by atoms with E-state index in [9.17, 15) is 8.42 Å². The van der Waals surface area contributed by atoms with E-state index >= 15 is 0 Å². The molecule has 19 heavy (non-hydrogen) atoms. The van der Waals surface area contributed by atoms with Crippen molar-refractivity contribution < 1.29 is 8.42 Å². The summed E-state index contributed by atoms with van der Waals surface area (Å²) in [4.78, 5) is 1.24. The molecule has 0 radical (unpaired) electrons. The third-order valence-corrected chi connectivity index (χ3v) is 6.15. The molecule has 0 bridgehead atoms. The van der Waals surface area contributed by atoms with Crippen LogP contribution in [0.1, 0.15) is 32.6 Å². The fourth-order valence-corrected chi connectivity index (χ4v) is 4.10. The summed E-state index contributed by atoms with van der Waals surface area (Å²) in [6.45, 7) is 9.37. The fourth-order valence-electron chi connectivity index (χ4n) is 1.42. The van der Waals surface area contributed by atoms with E-state index < -0.39 is 10.0 Å². The van der Waals surface area contributed by atoms with Gasteiger partial charge in [-0.25, -0.2) is 13.1 Å². The van der Waals surface area contributed by atoms with E-state index in [0.29, 0.717) is 23.9 Å². The van der Waals surface area contributed by atoms with Crippen LogP contribution in [0.25, 0.3) is 0 Å². The first-order chi connectivity index (χ1) is 8.70. The Kier molecular flexibility index (Phi) is 5.55. The van der Waals surface area contributed by atoms with Crippen molar-refractivity contribution in [2.24, 2.45) is 11.3 Å². The Bertz CT molecular complexity index is 504. The van der Waals surface area contributed by atoms with Gasteiger partial charge in [-0.3, -0.25) is 0 Å². The first-order valence-corrected chi connectivity index (χ1v) is 8.77. The number of nitrogens with one attached hydrogen (secondary N) is 2. The lowest BCUT2D eigenvalue weighted by molar-refractivity contribution is 0.252. The molecular weight excluding hydrogens is 280 g/mol. The Morgan fingerprint density at radius 1 is 1.37 bits per heavy atom. The van der Waals surface area contributed by atoms with Gasteiger partial charge in [-0.05, 0) is 29.8 Å². The van der Waals surface area contributed by atoms with Crippen molar-refractivity contribution in [2.75, 3.05) is 13.6 Å². The van der Waals surface area contributed by atoms with Crippen molar-refractivity contribution in [2.45, 2.75) is 39.1 Å². The number of thiophene rings is 1. The van der Waals surface area contributed by atoms with Crippen LogP contribution in [0.15, 0.2) is 16.3 Å². The van der Waals surface area contributed by atoms with E-state index in [2.05, 4.69) is 37.7 Å². The Hall–Kier alpha value is -0.430. The fraction of sp³-hybridized carbons (Fsp3) is 0.692.